The Morgan fingerprint density at radius 2 is 2.05 bits per heavy atom. The Bertz CT molecular complexity index is 384. The zero-order chi connectivity index (χ0) is 14.2. The molecule has 0 aromatic carbocycles. The van der Waals surface area contributed by atoms with E-state index in [1.165, 1.54) is 4.90 Å². The molecule has 19 heavy (non-hydrogen) atoms. The van der Waals surface area contributed by atoms with Gasteiger partial charge in [0.05, 0.1) is 24.9 Å². The minimum atomic E-state index is -1.07. The Kier molecular flexibility index (Phi) is 3.69. The molecule has 2 saturated heterocycles. The normalized spacial score (nSPS) is 30.5. The van der Waals surface area contributed by atoms with Gasteiger partial charge in [0.2, 0.25) is 0 Å². The number of aliphatic carboxylic acids is 1. The number of hydrogen-bond donors (Lipinski definition) is 2. The van der Waals surface area contributed by atoms with Crippen LogP contribution in [0.3, 0.4) is 0 Å². The van der Waals surface area contributed by atoms with Crippen molar-refractivity contribution in [1.82, 2.24) is 9.80 Å². The molecule has 0 unspecified atom stereocenters. The van der Waals surface area contributed by atoms with Gasteiger partial charge < -0.3 is 24.7 Å². The molecule has 0 saturated carbocycles. The molecule has 0 bridgehead atoms. The molecule has 0 aromatic heterocycles. The molecule has 2 heterocycles. The molecule has 7 nitrogen and oxygen atoms in total. The highest BCUT2D eigenvalue weighted by atomic mass is 16.5. The predicted molar refractivity (Wildman–Crippen MR) is 65.8 cm³/mol. The first-order chi connectivity index (χ1) is 8.80. The number of carbonyl (C=O) groups is 2. The molecule has 2 aliphatic heterocycles. The number of urea groups is 1. The van der Waals surface area contributed by atoms with Crippen molar-refractivity contribution in [3.05, 3.63) is 0 Å². The summed E-state index contributed by atoms with van der Waals surface area (Å²) >= 11 is 0. The van der Waals surface area contributed by atoms with E-state index in [4.69, 9.17) is 9.84 Å². The van der Waals surface area contributed by atoms with E-state index in [1.54, 1.807) is 4.90 Å². The van der Waals surface area contributed by atoms with Gasteiger partial charge in [-0.25, -0.2) is 9.59 Å². The summed E-state index contributed by atoms with van der Waals surface area (Å²) in [6, 6.07) is -1.27. The minimum absolute atomic E-state index is 0.0770. The van der Waals surface area contributed by atoms with Crippen LogP contribution in [0, 0.1) is 0 Å². The number of hydrogen-bond acceptors (Lipinski definition) is 4. The molecule has 2 atom stereocenters. The number of carboxylic acids is 1. The molecule has 2 N–H and O–H groups in total. The Morgan fingerprint density at radius 1 is 1.37 bits per heavy atom. The maximum Gasteiger partial charge on any atom is 0.326 e. The number of carbonyl (C=O) groups excluding carboxylic acids is 1. The second kappa shape index (κ2) is 4.97. The summed E-state index contributed by atoms with van der Waals surface area (Å²) < 4.78 is 5.53. The third kappa shape index (κ3) is 2.98. The number of morpholine rings is 1. The first kappa shape index (κ1) is 14.1. The Morgan fingerprint density at radius 3 is 2.63 bits per heavy atom. The molecular formula is C12H20N2O5. The number of aliphatic hydroxyl groups is 1. The molecule has 0 aliphatic carbocycles. The fourth-order valence-electron chi connectivity index (χ4n) is 2.62. The lowest BCUT2D eigenvalue weighted by Crippen LogP contribution is -2.56. The molecule has 108 valence electrons. The van der Waals surface area contributed by atoms with Crippen molar-refractivity contribution in [3.8, 4) is 0 Å². The molecular weight excluding hydrogens is 252 g/mol. The Balaban J connectivity index is 2.08. The molecule has 2 rings (SSSR count). The van der Waals surface area contributed by atoms with Gasteiger partial charge in [-0.3, -0.25) is 0 Å². The van der Waals surface area contributed by atoms with Crippen molar-refractivity contribution in [3.63, 3.8) is 0 Å². The van der Waals surface area contributed by atoms with Crippen molar-refractivity contribution < 1.29 is 24.5 Å². The topological polar surface area (TPSA) is 90.3 Å². The van der Waals surface area contributed by atoms with E-state index in [0.29, 0.717) is 19.7 Å². The quantitative estimate of drug-likeness (QED) is 0.686. The van der Waals surface area contributed by atoms with Crippen LogP contribution >= 0.6 is 0 Å². The van der Waals surface area contributed by atoms with Crippen LogP contribution in [-0.4, -0.2) is 76.0 Å². The average Bonchev–Trinajstić information content (AvgIpc) is 2.69. The largest absolute Gasteiger partial charge is 0.480 e. The van der Waals surface area contributed by atoms with Crippen LogP contribution in [0.5, 0.6) is 0 Å². The van der Waals surface area contributed by atoms with Gasteiger partial charge in [0.1, 0.15) is 6.04 Å². The van der Waals surface area contributed by atoms with Crippen LogP contribution in [0.1, 0.15) is 20.3 Å². The lowest BCUT2D eigenvalue weighted by atomic mass is 10.1. The number of nitrogens with zero attached hydrogens (tertiary/aromatic N) is 2. The standard InChI is InChI=1S/C12H20N2O5/c1-12(2)7-13(3-4-19-12)11(18)14-6-8(15)5-9(14)10(16)17/h8-9,15H,3-7H2,1-2H3,(H,16,17)/t8-,9+/m1/s1. The number of amides is 2. The fourth-order valence-corrected chi connectivity index (χ4v) is 2.62. The number of β-amino-alcohol motifs (C(OH)–C–C–N with tert-alkyl or cyclic N) is 1. The second-order valence-corrected chi connectivity index (χ2v) is 5.71. The van der Waals surface area contributed by atoms with Crippen LogP contribution < -0.4 is 0 Å². The molecule has 2 amide bonds. The van der Waals surface area contributed by atoms with Gasteiger partial charge in [-0.1, -0.05) is 0 Å². The molecule has 0 radical (unpaired) electrons. The number of rotatable bonds is 1. The number of aliphatic hydroxyl groups excluding tert-OH is 1. The highest BCUT2D eigenvalue weighted by molar-refractivity contribution is 5.83. The van der Waals surface area contributed by atoms with Crippen molar-refractivity contribution in [2.75, 3.05) is 26.2 Å². The average molecular weight is 272 g/mol. The highest BCUT2D eigenvalue weighted by Crippen LogP contribution is 2.23. The van der Waals surface area contributed by atoms with Gasteiger partial charge in [-0.2, -0.15) is 0 Å². The minimum Gasteiger partial charge on any atom is -0.480 e. The molecule has 2 fully saturated rings. The van der Waals surface area contributed by atoms with E-state index < -0.39 is 23.7 Å². The number of ether oxygens (including phenoxy) is 1. The summed E-state index contributed by atoms with van der Waals surface area (Å²) in [6.07, 6.45) is -0.673. The maximum absolute atomic E-state index is 12.4. The Hall–Kier alpha value is -1.34. The van der Waals surface area contributed by atoms with Gasteiger partial charge in [-0.05, 0) is 13.8 Å². The van der Waals surface area contributed by atoms with Crippen LogP contribution in [0.15, 0.2) is 0 Å². The van der Waals surface area contributed by atoms with Gasteiger partial charge in [-0.15, -0.1) is 0 Å². The van der Waals surface area contributed by atoms with Crippen molar-refractivity contribution in [2.45, 2.75) is 38.0 Å². The first-order valence-corrected chi connectivity index (χ1v) is 6.40. The summed E-state index contributed by atoms with van der Waals surface area (Å²) in [7, 11) is 0. The molecule has 0 aromatic rings. The number of carboxylic acid groups (broad SMARTS) is 1. The van der Waals surface area contributed by atoms with Crippen LogP contribution in [-0.2, 0) is 9.53 Å². The fraction of sp³-hybridized carbons (Fsp3) is 0.833. The number of likely N-dealkylation sites (tertiary alicyclic amines) is 1. The molecule has 7 heteroatoms. The SMILES string of the molecule is CC1(C)CN(C(=O)N2C[C@H](O)C[C@H]2C(=O)O)CCO1. The summed E-state index contributed by atoms with van der Waals surface area (Å²) in [5, 5.41) is 18.7. The van der Waals surface area contributed by atoms with Gasteiger partial charge in [0.15, 0.2) is 0 Å². The lowest BCUT2D eigenvalue weighted by molar-refractivity contribution is -0.141. The third-order valence-electron chi connectivity index (χ3n) is 3.51. The summed E-state index contributed by atoms with van der Waals surface area (Å²) in [5.74, 6) is -1.07. The van der Waals surface area contributed by atoms with Gasteiger partial charge >= 0.3 is 12.0 Å². The first-order valence-electron chi connectivity index (χ1n) is 6.40. The maximum atomic E-state index is 12.4. The van der Waals surface area contributed by atoms with E-state index in [2.05, 4.69) is 0 Å². The highest BCUT2D eigenvalue weighted by Gasteiger charge is 2.42. The lowest BCUT2D eigenvalue weighted by Gasteiger charge is -2.40. The smallest absolute Gasteiger partial charge is 0.326 e. The molecule has 0 spiro atoms. The van der Waals surface area contributed by atoms with Crippen LogP contribution in [0.25, 0.3) is 0 Å². The predicted octanol–water partition coefficient (Wildman–Crippen LogP) is -0.263. The van der Waals surface area contributed by atoms with Crippen molar-refractivity contribution in [1.29, 1.82) is 0 Å². The zero-order valence-corrected chi connectivity index (χ0v) is 11.2. The monoisotopic (exact) mass is 272 g/mol. The summed E-state index contributed by atoms with van der Waals surface area (Å²) in [4.78, 5) is 26.3. The van der Waals surface area contributed by atoms with E-state index >= 15 is 0 Å². The molecule has 2 aliphatic rings. The van der Waals surface area contributed by atoms with Crippen molar-refractivity contribution in [2.24, 2.45) is 0 Å². The van der Waals surface area contributed by atoms with E-state index in [-0.39, 0.29) is 19.0 Å². The Labute approximate surface area is 111 Å². The van der Waals surface area contributed by atoms with E-state index in [9.17, 15) is 14.7 Å². The summed E-state index contributed by atoms with van der Waals surface area (Å²) in [5.41, 5.74) is -0.426. The third-order valence-corrected chi connectivity index (χ3v) is 3.51. The van der Waals surface area contributed by atoms with E-state index in [0.717, 1.165) is 0 Å². The van der Waals surface area contributed by atoms with Crippen LogP contribution in [0.2, 0.25) is 0 Å². The van der Waals surface area contributed by atoms with Gasteiger partial charge in [0.25, 0.3) is 0 Å². The second-order valence-electron chi connectivity index (χ2n) is 5.71. The van der Waals surface area contributed by atoms with Crippen LogP contribution in [0.4, 0.5) is 4.79 Å². The van der Waals surface area contributed by atoms with Crippen molar-refractivity contribution >= 4 is 12.0 Å². The van der Waals surface area contributed by atoms with E-state index in [1.807, 2.05) is 13.8 Å². The van der Waals surface area contributed by atoms with Gasteiger partial charge in [0, 0.05) is 19.5 Å². The zero-order valence-electron chi connectivity index (χ0n) is 11.2. The summed E-state index contributed by atoms with van der Waals surface area (Å²) in [6.45, 7) is 5.16.